The van der Waals surface area contributed by atoms with Gasteiger partial charge in [0.15, 0.2) is 0 Å². The molecule has 4 heteroatoms. The summed E-state index contributed by atoms with van der Waals surface area (Å²) < 4.78 is 1.81. The van der Waals surface area contributed by atoms with Crippen LogP contribution in [0, 0.1) is 0 Å². The average molecular weight is 350 g/mol. The molecule has 0 atom stereocenters. The molecule has 27 heavy (non-hydrogen) atoms. The van der Waals surface area contributed by atoms with Crippen molar-refractivity contribution >= 4 is 24.2 Å². The van der Waals surface area contributed by atoms with Crippen molar-refractivity contribution in [2.75, 3.05) is 0 Å². The van der Waals surface area contributed by atoms with Crippen LogP contribution in [0.5, 0.6) is 0 Å². The predicted molar refractivity (Wildman–Crippen MR) is 111 cm³/mol. The predicted octanol–water partition coefficient (Wildman–Crippen LogP) is 3.39. The van der Waals surface area contributed by atoms with Crippen molar-refractivity contribution < 1.29 is 0 Å². The molecule has 0 unspecified atom stereocenters. The first-order valence-corrected chi connectivity index (χ1v) is 9.09. The molecule has 0 spiro atoms. The molecule has 0 aliphatic heterocycles. The van der Waals surface area contributed by atoms with Crippen LogP contribution in [0.2, 0.25) is 0 Å². The van der Waals surface area contributed by atoms with Crippen molar-refractivity contribution in [2.45, 2.75) is 19.4 Å². The Morgan fingerprint density at radius 1 is 0.926 bits per heavy atom. The molecule has 0 saturated heterocycles. The van der Waals surface area contributed by atoms with Crippen molar-refractivity contribution in [3.05, 3.63) is 106 Å². The number of hydrogen-bond donors (Lipinski definition) is 0. The van der Waals surface area contributed by atoms with Gasteiger partial charge in [0.05, 0.1) is 16.9 Å². The van der Waals surface area contributed by atoms with Crippen molar-refractivity contribution in [1.82, 2.24) is 9.55 Å². The van der Waals surface area contributed by atoms with Crippen molar-refractivity contribution in [1.29, 1.82) is 0 Å². The van der Waals surface area contributed by atoms with Crippen molar-refractivity contribution in [3.8, 4) is 0 Å². The normalized spacial score (nSPS) is 11.2. The van der Waals surface area contributed by atoms with Gasteiger partial charge in [-0.2, -0.15) is 0 Å². The lowest BCUT2D eigenvalue weighted by molar-refractivity contribution is 0.604. The molecule has 130 valence electrons. The number of rotatable bonds is 4. The first-order valence-electron chi connectivity index (χ1n) is 9.09. The van der Waals surface area contributed by atoms with E-state index in [4.69, 9.17) is 12.8 Å². The summed E-state index contributed by atoms with van der Waals surface area (Å²) in [5.74, 6) is 0.759. The minimum Gasteiger partial charge on any atom is -0.284 e. The van der Waals surface area contributed by atoms with Crippen LogP contribution in [0.4, 0.5) is 0 Å². The van der Waals surface area contributed by atoms with Crippen molar-refractivity contribution in [2.24, 2.45) is 0 Å². The molecule has 2 radical (unpaired) electrons. The largest absolute Gasteiger partial charge is 0.284 e. The lowest BCUT2D eigenvalue weighted by Crippen LogP contribution is -2.31. The van der Waals surface area contributed by atoms with Crippen LogP contribution in [-0.2, 0) is 6.42 Å². The number of aromatic nitrogens is 2. The molecular formula is C23H19BN2O. The Bertz CT molecular complexity index is 1100. The highest BCUT2D eigenvalue weighted by Crippen LogP contribution is 2.27. The fraction of sp³-hybridized carbons (Fsp3) is 0.130. The maximum Gasteiger partial charge on any atom is 0.262 e. The van der Waals surface area contributed by atoms with Gasteiger partial charge in [0, 0.05) is 6.42 Å². The van der Waals surface area contributed by atoms with Gasteiger partial charge in [-0.05, 0) is 17.2 Å². The molecule has 1 aromatic heterocycles. The maximum absolute atomic E-state index is 13.5. The third-order valence-corrected chi connectivity index (χ3v) is 4.80. The second kappa shape index (κ2) is 7.24. The van der Waals surface area contributed by atoms with E-state index in [1.807, 2.05) is 78.2 Å². The molecule has 3 nitrogen and oxygen atoms in total. The van der Waals surface area contributed by atoms with Crippen LogP contribution in [0.15, 0.2) is 83.7 Å². The number of benzene rings is 3. The van der Waals surface area contributed by atoms with Gasteiger partial charge in [-0.1, -0.05) is 85.2 Å². The topological polar surface area (TPSA) is 34.9 Å². The van der Waals surface area contributed by atoms with Crippen molar-refractivity contribution in [3.63, 3.8) is 0 Å². The van der Waals surface area contributed by atoms with E-state index in [1.165, 1.54) is 0 Å². The molecule has 0 fully saturated rings. The molecule has 0 aliphatic rings. The molecule has 0 N–H and O–H groups in total. The summed E-state index contributed by atoms with van der Waals surface area (Å²) in [5, 5.41) is 0.545. The molecule has 1 heterocycles. The summed E-state index contributed by atoms with van der Waals surface area (Å²) in [4.78, 5) is 18.3. The molecule has 0 amide bonds. The van der Waals surface area contributed by atoms with E-state index in [2.05, 4.69) is 0 Å². The lowest BCUT2D eigenvalue weighted by Gasteiger charge is -2.24. The van der Waals surface area contributed by atoms with E-state index in [1.54, 1.807) is 12.1 Å². The van der Waals surface area contributed by atoms with Crippen LogP contribution in [0.25, 0.3) is 10.9 Å². The Balaban J connectivity index is 2.07. The van der Waals surface area contributed by atoms with E-state index in [0.29, 0.717) is 22.8 Å². The summed E-state index contributed by atoms with van der Waals surface area (Å²) in [6.45, 7) is 2.02. The van der Waals surface area contributed by atoms with Crippen LogP contribution in [-0.4, -0.2) is 17.4 Å². The van der Waals surface area contributed by atoms with Gasteiger partial charge >= 0.3 is 0 Å². The molecule has 0 bridgehead atoms. The van der Waals surface area contributed by atoms with E-state index in [-0.39, 0.29) is 11.6 Å². The summed E-state index contributed by atoms with van der Waals surface area (Å²) >= 11 is 0. The summed E-state index contributed by atoms with van der Waals surface area (Å²) in [5.41, 5.74) is 3.27. The van der Waals surface area contributed by atoms with Gasteiger partial charge in [0.1, 0.15) is 13.7 Å². The number of aryl methyl sites for hydroxylation is 1. The molecule has 3 aromatic carbocycles. The summed E-state index contributed by atoms with van der Waals surface area (Å²) in [6, 6.07) is 25.2. The Morgan fingerprint density at radius 3 is 2.07 bits per heavy atom. The van der Waals surface area contributed by atoms with E-state index in [9.17, 15) is 4.79 Å². The van der Waals surface area contributed by atoms with Gasteiger partial charge in [0.2, 0.25) is 0 Å². The fourth-order valence-corrected chi connectivity index (χ4v) is 3.54. The van der Waals surface area contributed by atoms with Crippen LogP contribution < -0.4 is 11.0 Å². The molecule has 4 rings (SSSR count). The van der Waals surface area contributed by atoms with E-state index < -0.39 is 0 Å². The second-order valence-corrected chi connectivity index (χ2v) is 6.56. The molecule has 0 saturated carbocycles. The Kier molecular flexibility index (Phi) is 4.63. The number of hydrogen-bond acceptors (Lipinski definition) is 2. The standard InChI is InChI=1S/C23H19BN2O/c1-2-21-25-20-14-13-18(24)15-19(20)23(27)26(21)22(16-9-5-3-6-10-16)17-11-7-4-8-12-17/h3-15,22H,2H2,1H3. The monoisotopic (exact) mass is 350 g/mol. The number of fused-ring (bicyclic) bond motifs is 1. The number of nitrogens with zero attached hydrogens (tertiary/aromatic N) is 2. The highest BCUT2D eigenvalue weighted by atomic mass is 16.1. The smallest absolute Gasteiger partial charge is 0.262 e. The zero-order valence-electron chi connectivity index (χ0n) is 15.2. The molecular weight excluding hydrogens is 331 g/mol. The SMILES string of the molecule is [B]c1ccc2nc(CC)n(C(c3ccccc3)c3ccccc3)c(=O)c2c1. The minimum absolute atomic E-state index is 0.0677. The van der Waals surface area contributed by atoms with Gasteiger partial charge in [-0.25, -0.2) is 4.98 Å². The van der Waals surface area contributed by atoms with Crippen LogP contribution in [0.3, 0.4) is 0 Å². The zero-order chi connectivity index (χ0) is 18.8. The zero-order valence-corrected chi connectivity index (χ0v) is 15.2. The average Bonchev–Trinajstić information content (AvgIpc) is 2.72. The second-order valence-electron chi connectivity index (χ2n) is 6.56. The molecule has 0 aliphatic carbocycles. The Hall–Kier alpha value is -3.14. The van der Waals surface area contributed by atoms with Crippen LogP contribution >= 0.6 is 0 Å². The quantitative estimate of drug-likeness (QED) is 0.529. The summed E-state index contributed by atoms with van der Waals surface area (Å²) in [7, 11) is 5.94. The Labute approximate surface area is 159 Å². The third kappa shape index (κ3) is 3.19. The van der Waals surface area contributed by atoms with Gasteiger partial charge < -0.3 is 0 Å². The minimum atomic E-state index is -0.242. The van der Waals surface area contributed by atoms with Gasteiger partial charge in [0.25, 0.3) is 5.56 Å². The third-order valence-electron chi connectivity index (χ3n) is 4.80. The highest BCUT2D eigenvalue weighted by molar-refractivity contribution is 6.33. The Morgan fingerprint density at radius 2 is 1.52 bits per heavy atom. The lowest BCUT2D eigenvalue weighted by atomic mass is 9.94. The van der Waals surface area contributed by atoms with Crippen LogP contribution in [0.1, 0.15) is 29.9 Å². The fourth-order valence-electron chi connectivity index (χ4n) is 3.54. The van der Waals surface area contributed by atoms with E-state index in [0.717, 1.165) is 17.0 Å². The van der Waals surface area contributed by atoms with Gasteiger partial charge in [-0.3, -0.25) is 9.36 Å². The molecule has 4 aromatic rings. The highest BCUT2D eigenvalue weighted by Gasteiger charge is 2.22. The first kappa shape index (κ1) is 17.3. The summed E-state index contributed by atoms with van der Waals surface area (Å²) in [6.07, 6.45) is 0.658. The van der Waals surface area contributed by atoms with Gasteiger partial charge in [-0.15, -0.1) is 0 Å². The van der Waals surface area contributed by atoms with E-state index >= 15 is 0 Å². The maximum atomic E-state index is 13.5. The first-order chi connectivity index (χ1) is 13.2.